The number of nitrogens with one attached hydrogen (secondary N) is 1. The van der Waals surface area contributed by atoms with Crippen LogP contribution in [0.15, 0.2) is 91.1 Å². The molecule has 206 valence electrons. The van der Waals surface area contributed by atoms with Gasteiger partial charge in [0, 0.05) is 41.9 Å². The highest BCUT2D eigenvalue weighted by Gasteiger charge is 2.30. The molecule has 5 aromatic rings. The van der Waals surface area contributed by atoms with Crippen molar-refractivity contribution in [2.45, 2.75) is 38.6 Å². The van der Waals surface area contributed by atoms with Gasteiger partial charge in [0.2, 0.25) is 0 Å². The molecule has 6 nitrogen and oxygen atoms in total. The smallest absolute Gasteiger partial charge is 0.253 e. The number of aryl methyl sites for hydroxylation is 1. The SMILES string of the molecule is Cc1cc(C(=O)N2CCC(c3nc4ccccc4n3C(C)c3ccccn3)CC2)ccc1C(=N)c1cccc(F)c1. The second-order valence-corrected chi connectivity index (χ2v) is 10.7. The maximum atomic E-state index is 13.7. The topological polar surface area (TPSA) is 74.9 Å². The minimum absolute atomic E-state index is 0.00857. The fourth-order valence-corrected chi connectivity index (χ4v) is 5.91. The largest absolute Gasteiger partial charge is 0.339 e. The number of nitrogens with zero attached hydrogens (tertiary/aromatic N) is 4. The Bertz CT molecular complexity index is 1740. The van der Waals surface area contributed by atoms with Crippen LogP contribution in [0.4, 0.5) is 4.39 Å². The average molecular weight is 546 g/mol. The van der Waals surface area contributed by atoms with Crippen molar-refractivity contribution in [1.29, 1.82) is 5.41 Å². The van der Waals surface area contributed by atoms with E-state index < -0.39 is 0 Å². The van der Waals surface area contributed by atoms with Crippen LogP contribution in [0.3, 0.4) is 0 Å². The molecule has 1 saturated heterocycles. The Morgan fingerprint density at radius 2 is 1.73 bits per heavy atom. The molecule has 1 unspecified atom stereocenters. The number of amides is 1. The molecule has 1 aliphatic rings. The molecule has 0 bridgehead atoms. The van der Waals surface area contributed by atoms with Gasteiger partial charge >= 0.3 is 0 Å². The third-order valence-electron chi connectivity index (χ3n) is 8.13. The Kier molecular flexibility index (Phi) is 7.18. The molecular formula is C34H32FN5O. The van der Waals surface area contributed by atoms with Crippen LogP contribution in [-0.4, -0.2) is 44.1 Å². The minimum Gasteiger partial charge on any atom is -0.339 e. The van der Waals surface area contributed by atoms with Gasteiger partial charge in [-0.2, -0.15) is 0 Å². The molecule has 1 aliphatic heterocycles. The fourth-order valence-electron chi connectivity index (χ4n) is 5.91. The quantitative estimate of drug-likeness (QED) is 0.235. The Morgan fingerprint density at radius 1 is 0.951 bits per heavy atom. The summed E-state index contributed by atoms with van der Waals surface area (Å²) in [6.45, 7) is 5.34. The molecule has 3 aromatic carbocycles. The molecule has 0 radical (unpaired) electrons. The Morgan fingerprint density at radius 3 is 2.46 bits per heavy atom. The standard InChI is InChI=1S/C34H32FN5O/c1-22-20-26(13-14-28(22)32(36)25-8-7-9-27(35)21-25)34(41)39-18-15-24(16-19-39)33-38-30-11-3-4-12-31(30)40(33)23(2)29-10-5-6-17-37-29/h3-14,17,20-21,23-24,36H,15-16,18-19H2,1-2H3. The first kappa shape index (κ1) is 26.6. The van der Waals surface area contributed by atoms with Gasteiger partial charge in [-0.05, 0) is 80.8 Å². The van der Waals surface area contributed by atoms with Gasteiger partial charge in [0.15, 0.2) is 0 Å². The second kappa shape index (κ2) is 11.1. The van der Waals surface area contributed by atoms with Crippen molar-refractivity contribution in [2.24, 2.45) is 0 Å². The highest BCUT2D eigenvalue weighted by Crippen LogP contribution is 2.34. The van der Waals surface area contributed by atoms with Gasteiger partial charge in [0.25, 0.3) is 5.91 Å². The molecule has 1 amide bonds. The first-order chi connectivity index (χ1) is 19.9. The lowest BCUT2D eigenvalue weighted by Gasteiger charge is -2.33. The summed E-state index contributed by atoms with van der Waals surface area (Å²) in [6.07, 6.45) is 3.48. The number of piperidine rings is 1. The van der Waals surface area contributed by atoms with Crippen molar-refractivity contribution in [3.63, 3.8) is 0 Å². The minimum atomic E-state index is -0.373. The van der Waals surface area contributed by atoms with Crippen LogP contribution in [-0.2, 0) is 0 Å². The number of halogens is 1. The summed E-state index contributed by atoms with van der Waals surface area (Å²) in [7, 11) is 0. The number of fused-ring (bicyclic) bond motifs is 1. The van der Waals surface area contributed by atoms with Gasteiger partial charge in [-0.1, -0.05) is 36.4 Å². The number of likely N-dealkylation sites (tertiary alicyclic amines) is 1. The van der Waals surface area contributed by atoms with Crippen LogP contribution in [0.1, 0.15) is 70.3 Å². The van der Waals surface area contributed by atoms with Crippen molar-refractivity contribution in [2.75, 3.05) is 13.1 Å². The Labute approximate surface area is 239 Å². The molecule has 0 aliphatic carbocycles. The van der Waals surface area contributed by atoms with Crippen molar-refractivity contribution < 1.29 is 9.18 Å². The van der Waals surface area contributed by atoms with Gasteiger partial charge < -0.3 is 9.47 Å². The monoisotopic (exact) mass is 545 g/mol. The molecule has 1 atom stereocenters. The maximum Gasteiger partial charge on any atom is 0.253 e. The molecule has 41 heavy (non-hydrogen) atoms. The van der Waals surface area contributed by atoms with E-state index in [2.05, 4.69) is 34.7 Å². The molecule has 0 saturated carbocycles. The Balaban J connectivity index is 1.19. The Hall–Kier alpha value is -4.65. The molecule has 1 fully saturated rings. The van der Waals surface area contributed by atoms with Crippen LogP contribution < -0.4 is 0 Å². The number of hydrogen-bond acceptors (Lipinski definition) is 4. The van der Waals surface area contributed by atoms with Crippen molar-refractivity contribution >= 4 is 22.7 Å². The highest BCUT2D eigenvalue weighted by molar-refractivity contribution is 6.12. The third-order valence-corrected chi connectivity index (χ3v) is 8.13. The normalized spacial score (nSPS) is 14.8. The molecule has 2 aromatic heterocycles. The predicted octanol–water partition coefficient (Wildman–Crippen LogP) is 6.92. The molecule has 1 N–H and O–H groups in total. The number of hydrogen-bond donors (Lipinski definition) is 1. The molecule has 7 heteroatoms. The molecule has 6 rings (SSSR count). The van der Waals surface area contributed by atoms with Gasteiger partial charge in [-0.25, -0.2) is 9.37 Å². The number of imidazole rings is 1. The first-order valence-electron chi connectivity index (χ1n) is 14.0. The van der Waals surface area contributed by atoms with E-state index >= 15 is 0 Å². The lowest BCUT2D eigenvalue weighted by Crippen LogP contribution is -2.38. The van der Waals surface area contributed by atoms with Crippen LogP contribution in [0, 0.1) is 18.2 Å². The number of para-hydroxylation sites is 2. The zero-order chi connectivity index (χ0) is 28.5. The third kappa shape index (κ3) is 5.15. The number of pyridine rings is 1. The summed E-state index contributed by atoms with van der Waals surface area (Å²) in [5.74, 6) is 0.897. The van der Waals surface area contributed by atoms with Gasteiger partial charge in [0.05, 0.1) is 28.5 Å². The van der Waals surface area contributed by atoms with E-state index in [1.165, 1.54) is 12.1 Å². The van der Waals surface area contributed by atoms with E-state index in [1.807, 2.05) is 48.4 Å². The van der Waals surface area contributed by atoms with E-state index in [4.69, 9.17) is 10.4 Å². The number of benzene rings is 3. The lowest BCUT2D eigenvalue weighted by molar-refractivity contribution is 0.0710. The zero-order valence-corrected chi connectivity index (χ0v) is 23.2. The highest BCUT2D eigenvalue weighted by atomic mass is 19.1. The van der Waals surface area contributed by atoms with Crippen LogP contribution in [0.5, 0.6) is 0 Å². The van der Waals surface area contributed by atoms with Gasteiger partial charge in [0.1, 0.15) is 11.6 Å². The second-order valence-electron chi connectivity index (χ2n) is 10.7. The number of rotatable bonds is 6. The van der Waals surface area contributed by atoms with Crippen LogP contribution >= 0.6 is 0 Å². The number of carbonyl (C=O) groups excluding carboxylic acids is 1. The molecule has 0 spiro atoms. The maximum absolute atomic E-state index is 13.7. The fraction of sp³-hybridized carbons (Fsp3) is 0.235. The summed E-state index contributed by atoms with van der Waals surface area (Å²) in [5, 5.41) is 8.55. The van der Waals surface area contributed by atoms with Crippen molar-refractivity contribution in [1.82, 2.24) is 19.4 Å². The first-order valence-corrected chi connectivity index (χ1v) is 14.0. The summed E-state index contributed by atoms with van der Waals surface area (Å²) in [5.41, 5.74) is 5.93. The summed E-state index contributed by atoms with van der Waals surface area (Å²) < 4.78 is 16.0. The van der Waals surface area contributed by atoms with Crippen LogP contribution in [0.2, 0.25) is 0 Å². The predicted molar refractivity (Wildman–Crippen MR) is 159 cm³/mol. The van der Waals surface area contributed by atoms with E-state index in [0.717, 1.165) is 41.0 Å². The molecular weight excluding hydrogens is 513 g/mol. The summed E-state index contributed by atoms with van der Waals surface area (Å²) in [4.78, 5) is 25.1. The lowest BCUT2D eigenvalue weighted by atomic mass is 9.94. The van der Waals surface area contributed by atoms with E-state index in [0.29, 0.717) is 29.8 Å². The van der Waals surface area contributed by atoms with Gasteiger partial charge in [-0.15, -0.1) is 0 Å². The zero-order valence-electron chi connectivity index (χ0n) is 23.2. The van der Waals surface area contributed by atoms with E-state index in [-0.39, 0.29) is 29.4 Å². The van der Waals surface area contributed by atoms with E-state index in [9.17, 15) is 9.18 Å². The van der Waals surface area contributed by atoms with Gasteiger partial charge in [-0.3, -0.25) is 15.2 Å². The number of aromatic nitrogens is 3. The summed E-state index contributed by atoms with van der Waals surface area (Å²) >= 11 is 0. The molecule has 3 heterocycles. The van der Waals surface area contributed by atoms with Crippen molar-refractivity contribution in [3.8, 4) is 0 Å². The van der Waals surface area contributed by atoms with E-state index in [1.54, 1.807) is 24.3 Å². The van der Waals surface area contributed by atoms with Crippen molar-refractivity contribution in [3.05, 3.63) is 131 Å². The summed E-state index contributed by atoms with van der Waals surface area (Å²) in [6, 6.07) is 25.7. The van der Waals surface area contributed by atoms with Crippen LogP contribution in [0.25, 0.3) is 11.0 Å². The number of carbonyl (C=O) groups is 1. The average Bonchev–Trinajstić information content (AvgIpc) is 3.40.